The first-order chi connectivity index (χ1) is 15.0. The van der Waals surface area contributed by atoms with E-state index >= 15 is 0 Å². The zero-order valence-corrected chi connectivity index (χ0v) is 18.9. The smallest absolute Gasteiger partial charge is 0.243 e. The molecular formula is C24H25ClN2O3S. The number of halogens is 1. The molecule has 0 atom stereocenters. The van der Waals surface area contributed by atoms with Gasteiger partial charge >= 0.3 is 0 Å². The molecule has 3 aromatic carbocycles. The van der Waals surface area contributed by atoms with Gasteiger partial charge in [0, 0.05) is 32.2 Å². The normalized spacial score (nSPS) is 15.8. The molecule has 1 heterocycles. The number of hydrogen-bond acceptors (Lipinski definition) is 4. The number of hydrogen-bond donors (Lipinski definition) is 0. The third kappa shape index (κ3) is 4.62. The summed E-state index contributed by atoms with van der Waals surface area (Å²) < 4.78 is 33.1. The first-order valence-electron chi connectivity index (χ1n) is 10.2. The highest BCUT2D eigenvalue weighted by atomic mass is 35.5. The van der Waals surface area contributed by atoms with E-state index in [1.807, 2.05) is 36.4 Å². The van der Waals surface area contributed by atoms with Crippen molar-refractivity contribution in [3.05, 3.63) is 95.0 Å². The van der Waals surface area contributed by atoms with Gasteiger partial charge in [0.05, 0.1) is 23.1 Å². The Hall–Kier alpha value is -2.38. The maximum Gasteiger partial charge on any atom is 0.243 e. The van der Waals surface area contributed by atoms with Crippen molar-refractivity contribution < 1.29 is 13.2 Å². The second kappa shape index (κ2) is 9.40. The van der Waals surface area contributed by atoms with E-state index in [4.69, 9.17) is 16.3 Å². The molecule has 0 spiro atoms. The van der Waals surface area contributed by atoms with Crippen LogP contribution in [0.1, 0.15) is 17.2 Å². The predicted octanol–water partition coefficient (Wildman–Crippen LogP) is 4.44. The van der Waals surface area contributed by atoms with Crippen molar-refractivity contribution in [2.24, 2.45) is 0 Å². The Balaban J connectivity index is 1.55. The Morgan fingerprint density at radius 2 is 1.39 bits per heavy atom. The van der Waals surface area contributed by atoms with E-state index in [2.05, 4.69) is 29.2 Å². The maximum atomic E-state index is 13.2. The summed E-state index contributed by atoms with van der Waals surface area (Å²) in [5.41, 5.74) is 2.40. The summed E-state index contributed by atoms with van der Waals surface area (Å²) in [5.74, 6) is 0.356. The zero-order chi connectivity index (χ0) is 21.8. The Bertz CT molecular complexity index is 1080. The Kier molecular flexibility index (Phi) is 6.62. The van der Waals surface area contributed by atoms with Crippen LogP contribution >= 0.6 is 11.6 Å². The molecular weight excluding hydrogens is 432 g/mol. The Labute approximate surface area is 188 Å². The molecule has 0 bridgehead atoms. The highest BCUT2D eigenvalue weighted by molar-refractivity contribution is 7.89. The van der Waals surface area contributed by atoms with Crippen LogP contribution in [-0.2, 0) is 10.0 Å². The summed E-state index contributed by atoms with van der Waals surface area (Å²) in [7, 11) is -2.15. The molecule has 0 saturated carbocycles. The van der Waals surface area contributed by atoms with Crippen LogP contribution in [0.25, 0.3) is 0 Å². The van der Waals surface area contributed by atoms with Crippen LogP contribution in [0.5, 0.6) is 5.75 Å². The lowest BCUT2D eigenvalue weighted by molar-refractivity contribution is 0.156. The second-order valence-electron chi connectivity index (χ2n) is 7.46. The van der Waals surface area contributed by atoms with Crippen molar-refractivity contribution >= 4 is 21.6 Å². The molecule has 0 amide bonds. The maximum absolute atomic E-state index is 13.2. The topological polar surface area (TPSA) is 49.9 Å². The van der Waals surface area contributed by atoms with Crippen molar-refractivity contribution in [1.82, 2.24) is 9.21 Å². The average molecular weight is 457 g/mol. The summed E-state index contributed by atoms with van der Waals surface area (Å²) in [6, 6.07) is 25.4. The molecule has 5 nitrogen and oxygen atoms in total. The Morgan fingerprint density at radius 1 is 0.839 bits per heavy atom. The summed E-state index contributed by atoms with van der Waals surface area (Å²) in [6.07, 6.45) is 0. The average Bonchev–Trinajstić information content (AvgIpc) is 2.81. The van der Waals surface area contributed by atoms with Gasteiger partial charge in [-0.3, -0.25) is 4.90 Å². The lowest BCUT2D eigenvalue weighted by Gasteiger charge is -2.39. The van der Waals surface area contributed by atoms with E-state index in [0.29, 0.717) is 37.0 Å². The standard InChI is InChI=1S/C24H25ClN2O3S/c1-30-23-18-21(12-13-22(23)25)31(28,29)27-16-14-26(15-17-27)24(19-8-4-2-5-9-19)20-10-6-3-7-11-20/h2-13,18,24H,14-17H2,1H3. The second-order valence-corrected chi connectivity index (χ2v) is 9.81. The van der Waals surface area contributed by atoms with Gasteiger partial charge in [0.25, 0.3) is 0 Å². The molecule has 7 heteroatoms. The number of benzene rings is 3. The zero-order valence-electron chi connectivity index (χ0n) is 17.3. The van der Waals surface area contributed by atoms with Gasteiger partial charge in [0.1, 0.15) is 5.75 Å². The minimum atomic E-state index is -3.62. The van der Waals surface area contributed by atoms with E-state index in [9.17, 15) is 8.42 Å². The molecule has 1 saturated heterocycles. The highest BCUT2D eigenvalue weighted by Gasteiger charge is 2.32. The van der Waals surface area contributed by atoms with Gasteiger partial charge in [0.2, 0.25) is 10.0 Å². The van der Waals surface area contributed by atoms with Gasteiger partial charge in [-0.1, -0.05) is 72.3 Å². The largest absolute Gasteiger partial charge is 0.495 e. The van der Waals surface area contributed by atoms with E-state index in [-0.39, 0.29) is 10.9 Å². The third-order valence-corrected chi connectivity index (χ3v) is 7.84. The summed E-state index contributed by atoms with van der Waals surface area (Å²) in [6.45, 7) is 2.11. The van der Waals surface area contributed by atoms with Crippen LogP contribution in [0, 0.1) is 0 Å². The van der Waals surface area contributed by atoms with Gasteiger partial charge in [0.15, 0.2) is 0 Å². The fraction of sp³-hybridized carbons (Fsp3) is 0.250. The van der Waals surface area contributed by atoms with E-state index in [0.717, 1.165) is 0 Å². The number of sulfonamides is 1. The molecule has 0 aromatic heterocycles. The quantitative estimate of drug-likeness (QED) is 0.550. The molecule has 4 rings (SSSR count). The molecule has 1 aliphatic heterocycles. The number of piperazine rings is 1. The van der Waals surface area contributed by atoms with Crippen molar-refractivity contribution in [3.63, 3.8) is 0 Å². The highest BCUT2D eigenvalue weighted by Crippen LogP contribution is 2.32. The van der Waals surface area contributed by atoms with Crippen LogP contribution in [0.4, 0.5) is 0 Å². The summed E-state index contributed by atoms with van der Waals surface area (Å²) in [5, 5.41) is 0.389. The molecule has 1 fully saturated rings. The van der Waals surface area contributed by atoms with E-state index < -0.39 is 10.0 Å². The Morgan fingerprint density at radius 3 is 1.90 bits per heavy atom. The van der Waals surface area contributed by atoms with Gasteiger partial charge in [-0.25, -0.2) is 8.42 Å². The molecule has 162 valence electrons. The SMILES string of the molecule is COc1cc(S(=O)(=O)N2CCN(C(c3ccccc3)c3ccccc3)CC2)ccc1Cl. The predicted molar refractivity (Wildman–Crippen MR) is 123 cm³/mol. The van der Waals surface area contributed by atoms with Crippen molar-refractivity contribution in [1.29, 1.82) is 0 Å². The van der Waals surface area contributed by atoms with Gasteiger partial charge < -0.3 is 4.74 Å². The molecule has 0 N–H and O–H groups in total. The molecule has 0 unspecified atom stereocenters. The minimum Gasteiger partial charge on any atom is -0.495 e. The van der Waals surface area contributed by atoms with Crippen LogP contribution in [0.2, 0.25) is 5.02 Å². The van der Waals surface area contributed by atoms with Gasteiger partial charge in [-0.05, 0) is 23.3 Å². The first-order valence-corrected chi connectivity index (χ1v) is 12.0. The number of ether oxygens (including phenoxy) is 1. The van der Waals surface area contributed by atoms with Crippen molar-refractivity contribution in [3.8, 4) is 5.75 Å². The monoisotopic (exact) mass is 456 g/mol. The molecule has 31 heavy (non-hydrogen) atoms. The summed E-state index contributed by atoms with van der Waals surface area (Å²) in [4.78, 5) is 2.55. The molecule has 3 aromatic rings. The van der Waals surface area contributed by atoms with Crippen molar-refractivity contribution in [2.45, 2.75) is 10.9 Å². The van der Waals surface area contributed by atoms with Gasteiger partial charge in [-0.2, -0.15) is 4.31 Å². The molecule has 1 aliphatic rings. The number of rotatable bonds is 6. The van der Waals surface area contributed by atoms with E-state index in [1.165, 1.54) is 30.4 Å². The minimum absolute atomic E-state index is 0.0860. The van der Waals surface area contributed by atoms with Crippen LogP contribution < -0.4 is 4.74 Å². The molecule has 0 radical (unpaired) electrons. The van der Waals surface area contributed by atoms with Crippen LogP contribution in [0.3, 0.4) is 0 Å². The molecule has 0 aliphatic carbocycles. The van der Waals surface area contributed by atoms with Gasteiger partial charge in [-0.15, -0.1) is 0 Å². The van der Waals surface area contributed by atoms with Crippen molar-refractivity contribution in [2.75, 3.05) is 33.3 Å². The lowest BCUT2D eigenvalue weighted by atomic mass is 9.96. The number of methoxy groups -OCH3 is 1. The third-order valence-electron chi connectivity index (χ3n) is 5.63. The number of nitrogens with zero attached hydrogens (tertiary/aromatic N) is 2. The first kappa shape index (κ1) is 21.8. The fourth-order valence-electron chi connectivity index (χ4n) is 4.04. The summed E-state index contributed by atoms with van der Waals surface area (Å²) >= 11 is 6.06. The van der Waals surface area contributed by atoms with Crippen LogP contribution in [-0.4, -0.2) is 50.9 Å². The van der Waals surface area contributed by atoms with E-state index in [1.54, 1.807) is 10.4 Å². The lowest BCUT2D eigenvalue weighted by Crippen LogP contribution is -2.49. The fourth-order valence-corrected chi connectivity index (χ4v) is 5.67. The van der Waals surface area contributed by atoms with Crippen LogP contribution in [0.15, 0.2) is 83.8 Å².